The fraction of sp³-hybridized carbons (Fsp3) is 0.800. The Kier molecular flexibility index (Phi) is 3.12. The maximum Gasteiger partial charge on any atom is 0.305 e. The Labute approximate surface area is 98.4 Å². The molecule has 6 heteroatoms. The second-order valence-electron chi connectivity index (χ2n) is 4.48. The lowest BCUT2D eigenvalue weighted by Gasteiger charge is -2.36. The van der Waals surface area contributed by atoms with E-state index in [9.17, 15) is 9.59 Å². The Morgan fingerprint density at radius 1 is 1.50 bits per heavy atom. The molecule has 1 unspecified atom stereocenters. The van der Waals surface area contributed by atoms with Gasteiger partial charge in [-0.3, -0.25) is 9.59 Å². The predicted octanol–water partition coefficient (Wildman–Crippen LogP) is -0.104. The van der Waals surface area contributed by atoms with Gasteiger partial charge in [-0.15, -0.1) is 0 Å². The Morgan fingerprint density at radius 2 is 2.19 bits per heavy atom. The van der Waals surface area contributed by atoms with Crippen molar-refractivity contribution in [3.63, 3.8) is 0 Å². The van der Waals surface area contributed by atoms with Gasteiger partial charge in [0.05, 0.1) is 18.0 Å². The Hall–Kier alpha value is -0.750. The molecular formula is C10H16N2O3S. The predicted molar refractivity (Wildman–Crippen MR) is 61.2 cm³/mol. The van der Waals surface area contributed by atoms with Crippen LogP contribution in [0.5, 0.6) is 0 Å². The van der Waals surface area contributed by atoms with E-state index in [1.165, 1.54) is 0 Å². The standard InChI is InChI=1S/C10H16N2O3S/c11-10(1-2-10)9(15)12-3-4-16-6-7(12)5-8(13)14/h7H,1-6,11H2,(H,13,14). The summed E-state index contributed by atoms with van der Waals surface area (Å²) in [7, 11) is 0. The van der Waals surface area contributed by atoms with Gasteiger partial charge in [0, 0.05) is 18.1 Å². The average molecular weight is 244 g/mol. The van der Waals surface area contributed by atoms with E-state index in [4.69, 9.17) is 10.8 Å². The van der Waals surface area contributed by atoms with E-state index in [2.05, 4.69) is 0 Å². The summed E-state index contributed by atoms with van der Waals surface area (Å²) in [6.07, 6.45) is 1.49. The second-order valence-corrected chi connectivity index (χ2v) is 5.63. The first-order chi connectivity index (χ1) is 7.53. The van der Waals surface area contributed by atoms with Crippen molar-refractivity contribution in [3.05, 3.63) is 0 Å². The van der Waals surface area contributed by atoms with Crippen LogP contribution in [0.2, 0.25) is 0 Å². The number of carbonyl (C=O) groups is 2. The smallest absolute Gasteiger partial charge is 0.305 e. The number of amides is 1. The minimum atomic E-state index is -0.854. The van der Waals surface area contributed by atoms with E-state index in [0.717, 1.165) is 18.6 Å². The molecule has 1 saturated carbocycles. The molecule has 2 rings (SSSR count). The third-order valence-corrected chi connectivity index (χ3v) is 4.20. The lowest BCUT2D eigenvalue weighted by Crippen LogP contribution is -2.54. The molecule has 0 aromatic carbocycles. The Bertz CT molecular complexity index is 317. The number of aliphatic carboxylic acids is 1. The van der Waals surface area contributed by atoms with Crippen LogP contribution in [0, 0.1) is 0 Å². The van der Waals surface area contributed by atoms with E-state index in [0.29, 0.717) is 12.3 Å². The van der Waals surface area contributed by atoms with Crippen LogP contribution in [-0.4, -0.2) is 51.5 Å². The fourth-order valence-electron chi connectivity index (χ4n) is 1.93. The largest absolute Gasteiger partial charge is 0.481 e. The molecule has 0 bridgehead atoms. The van der Waals surface area contributed by atoms with Crippen LogP contribution < -0.4 is 5.73 Å². The van der Waals surface area contributed by atoms with Crippen molar-refractivity contribution in [1.82, 2.24) is 4.90 Å². The highest BCUT2D eigenvalue weighted by Crippen LogP contribution is 2.36. The average Bonchev–Trinajstić information content (AvgIpc) is 2.97. The SMILES string of the molecule is NC1(C(=O)N2CCSCC2CC(=O)O)CC1. The van der Waals surface area contributed by atoms with Crippen molar-refractivity contribution < 1.29 is 14.7 Å². The molecule has 5 nitrogen and oxygen atoms in total. The normalized spacial score (nSPS) is 27.6. The van der Waals surface area contributed by atoms with Crippen molar-refractivity contribution in [2.24, 2.45) is 5.73 Å². The van der Waals surface area contributed by atoms with E-state index >= 15 is 0 Å². The zero-order chi connectivity index (χ0) is 11.8. The number of thioether (sulfide) groups is 1. The second kappa shape index (κ2) is 4.25. The molecule has 1 heterocycles. The lowest BCUT2D eigenvalue weighted by atomic mass is 10.1. The van der Waals surface area contributed by atoms with Crippen LogP contribution in [0.3, 0.4) is 0 Å². The van der Waals surface area contributed by atoms with Crippen LogP contribution in [0.25, 0.3) is 0 Å². The van der Waals surface area contributed by atoms with Gasteiger partial charge in [0.15, 0.2) is 0 Å². The van der Waals surface area contributed by atoms with Crippen molar-refractivity contribution in [2.75, 3.05) is 18.1 Å². The summed E-state index contributed by atoms with van der Waals surface area (Å²) in [5.41, 5.74) is 5.19. The third-order valence-electron chi connectivity index (χ3n) is 3.11. The molecule has 0 spiro atoms. The quantitative estimate of drug-likeness (QED) is 0.724. The van der Waals surface area contributed by atoms with Gasteiger partial charge in [0.25, 0.3) is 0 Å². The van der Waals surface area contributed by atoms with Gasteiger partial charge in [-0.05, 0) is 12.8 Å². The number of rotatable bonds is 3. The monoisotopic (exact) mass is 244 g/mol. The van der Waals surface area contributed by atoms with Crippen molar-refractivity contribution in [2.45, 2.75) is 30.8 Å². The Balaban J connectivity index is 2.04. The number of nitrogens with two attached hydrogens (primary N) is 1. The van der Waals surface area contributed by atoms with Crippen molar-refractivity contribution >= 4 is 23.6 Å². The van der Waals surface area contributed by atoms with Crippen molar-refractivity contribution in [1.29, 1.82) is 0 Å². The summed E-state index contributed by atoms with van der Waals surface area (Å²) in [4.78, 5) is 24.5. The molecule has 90 valence electrons. The number of nitrogens with zero attached hydrogens (tertiary/aromatic N) is 1. The van der Waals surface area contributed by atoms with Gasteiger partial charge >= 0.3 is 5.97 Å². The topological polar surface area (TPSA) is 83.6 Å². The summed E-state index contributed by atoms with van der Waals surface area (Å²) in [6.45, 7) is 0.625. The fourth-order valence-corrected chi connectivity index (χ4v) is 2.99. The highest BCUT2D eigenvalue weighted by atomic mass is 32.2. The number of carbonyl (C=O) groups excluding carboxylic acids is 1. The highest BCUT2D eigenvalue weighted by Gasteiger charge is 2.49. The summed E-state index contributed by atoms with van der Waals surface area (Å²) in [5.74, 6) is 0.665. The number of hydrogen-bond acceptors (Lipinski definition) is 4. The van der Waals surface area contributed by atoms with E-state index in [1.807, 2.05) is 0 Å². The molecule has 1 aliphatic heterocycles. The number of carboxylic acids is 1. The minimum absolute atomic E-state index is 0.0226. The van der Waals surface area contributed by atoms with Crippen LogP contribution in [-0.2, 0) is 9.59 Å². The first kappa shape index (κ1) is 11.7. The summed E-state index contributed by atoms with van der Waals surface area (Å²) >= 11 is 1.70. The zero-order valence-electron chi connectivity index (χ0n) is 9.02. The van der Waals surface area contributed by atoms with E-state index < -0.39 is 11.5 Å². The van der Waals surface area contributed by atoms with Crippen molar-refractivity contribution in [3.8, 4) is 0 Å². The number of carboxylic acid groups (broad SMARTS) is 1. The van der Waals surface area contributed by atoms with E-state index in [1.54, 1.807) is 16.7 Å². The van der Waals surface area contributed by atoms with Gasteiger partial charge in [-0.1, -0.05) is 0 Å². The molecular weight excluding hydrogens is 228 g/mol. The summed E-state index contributed by atoms with van der Waals surface area (Å²) in [6, 6.07) is -0.190. The molecule has 2 fully saturated rings. The molecule has 0 aromatic heterocycles. The van der Waals surface area contributed by atoms with Gasteiger partial charge in [0.1, 0.15) is 0 Å². The molecule has 16 heavy (non-hydrogen) atoms. The summed E-state index contributed by atoms with van der Waals surface area (Å²) in [5, 5.41) is 8.81. The first-order valence-corrected chi connectivity index (χ1v) is 6.58. The first-order valence-electron chi connectivity index (χ1n) is 5.42. The Morgan fingerprint density at radius 3 is 2.75 bits per heavy atom. The molecule has 0 aromatic rings. The van der Waals surface area contributed by atoms with Crippen LogP contribution >= 0.6 is 11.8 Å². The molecule has 1 saturated heterocycles. The minimum Gasteiger partial charge on any atom is -0.481 e. The highest BCUT2D eigenvalue weighted by molar-refractivity contribution is 7.99. The van der Waals surface area contributed by atoms with E-state index in [-0.39, 0.29) is 18.4 Å². The molecule has 1 atom stereocenters. The van der Waals surface area contributed by atoms with Crippen LogP contribution in [0.15, 0.2) is 0 Å². The maximum atomic E-state index is 12.1. The zero-order valence-corrected chi connectivity index (χ0v) is 9.83. The molecule has 0 radical (unpaired) electrons. The van der Waals surface area contributed by atoms with Gasteiger partial charge in [0.2, 0.25) is 5.91 Å². The van der Waals surface area contributed by atoms with Gasteiger partial charge in [-0.25, -0.2) is 0 Å². The third kappa shape index (κ3) is 2.32. The van der Waals surface area contributed by atoms with Gasteiger partial charge < -0.3 is 15.7 Å². The molecule has 1 amide bonds. The van der Waals surface area contributed by atoms with Crippen LogP contribution in [0.4, 0.5) is 0 Å². The summed E-state index contributed by atoms with van der Waals surface area (Å²) < 4.78 is 0. The molecule has 2 aliphatic rings. The molecule has 3 N–H and O–H groups in total. The van der Waals surface area contributed by atoms with Gasteiger partial charge in [-0.2, -0.15) is 11.8 Å². The lowest BCUT2D eigenvalue weighted by molar-refractivity contribution is -0.141. The maximum absolute atomic E-state index is 12.1. The number of hydrogen-bond donors (Lipinski definition) is 2. The molecule has 1 aliphatic carbocycles. The van der Waals surface area contributed by atoms with Crippen LogP contribution in [0.1, 0.15) is 19.3 Å².